The molecule has 0 saturated carbocycles. The second-order valence-corrected chi connectivity index (χ2v) is 5.99. The maximum Gasteiger partial charge on any atom is 0.269 e. The Balaban J connectivity index is 0.00000156. The van der Waals surface area contributed by atoms with Crippen LogP contribution >= 0.6 is 17.0 Å². The molecule has 5 nitrogen and oxygen atoms in total. The highest BCUT2D eigenvalue weighted by Gasteiger charge is 2.24. The fraction of sp³-hybridized carbons (Fsp3) is 0.167. The summed E-state index contributed by atoms with van der Waals surface area (Å²) in [6.07, 6.45) is 9.96. The summed E-state index contributed by atoms with van der Waals surface area (Å²) < 4.78 is 0.728. The average molecular weight is 469 g/mol. The molecule has 1 aromatic heterocycles. The van der Waals surface area contributed by atoms with E-state index in [1.54, 1.807) is 24.5 Å². The van der Waals surface area contributed by atoms with E-state index in [1.807, 2.05) is 24.3 Å². The lowest BCUT2D eigenvalue weighted by Crippen LogP contribution is -3.00. The molecule has 1 aliphatic rings. The number of rotatable bonds is 4. The van der Waals surface area contributed by atoms with Gasteiger partial charge in [-0.15, -0.1) is 17.0 Å². The van der Waals surface area contributed by atoms with Gasteiger partial charge < -0.3 is 17.0 Å². The summed E-state index contributed by atoms with van der Waals surface area (Å²) in [5.74, 6) is 0. The van der Waals surface area contributed by atoms with Gasteiger partial charge in [0.1, 0.15) is 13.1 Å². The van der Waals surface area contributed by atoms with Crippen LogP contribution in [0, 0.1) is 10.1 Å². The molecule has 0 N–H and O–H groups in total. The van der Waals surface area contributed by atoms with Crippen molar-refractivity contribution in [2.24, 2.45) is 0 Å². The minimum Gasteiger partial charge on any atom is -1.00 e. The van der Waals surface area contributed by atoms with Crippen LogP contribution < -0.4 is 17.0 Å². The van der Waals surface area contributed by atoms with Gasteiger partial charge >= 0.3 is 0 Å². The molecule has 3 rings (SSSR count). The molecule has 1 aromatic carbocycles. The number of non-ortho nitro benzene ring substituents is 1. The fourth-order valence-electron chi connectivity index (χ4n) is 2.86. The summed E-state index contributed by atoms with van der Waals surface area (Å²) in [5, 5.41) is 10.7. The van der Waals surface area contributed by atoms with E-state index >= 15 is 0 Å². The molecule has 1 aliphatic heterocycles. The number of nitro benzene ring substituents is 1. The molecular formula is C18H19Br2N3O2. The molecule has 25 heavy (non-hydrogen) atoms. The minimum atomic E-state index is -0.370. The number of pyridine rings is 1. The van der Waals surface area contributed by atoms with E-state index < -0.39 is 0 Å². The lowest BCUT2D eigenvalue weighted by atomic mass is 10.0. The predicted octanol–water partition coefficient (Wildman–Crippen LogP) is 1.13. The van der Waals surface area contributed by atoms with E-state index in [2.05, 4.69) is 30.4 Å². The number of aromatic nitrogens is 1. The predicted molar refractivity (Wildman–Crippen MR) is 99.5 cm³/mol. The normalized spacial score (nSPS) is 18.5. The van der Waals surface area contributed by atoms with Gasteiger partial charge in [0.05, 0.1) is 18.2 Å². The summed E-state index contributed by atoms with van der Waals surface area (Å²) in [5.41, 5.74) is 3.65. The minimum absolute atomic E-state index is 0. The van der Waals surface area contributed by atoms with Gasteiger partial charge in [-0.2, -0.15) is 0 Å². The fourth-order valence-corrected chi connectivity index (χ4v) is 2.86. The summed E-state index contributed by atoms with van der Waals surface area (Å²) >= 11 is 0. The molecule has 0 spiro atoms. The molecule has 2 heterocycles. The quantitative estimate of drug-likeness (QED) is 0.384. The molecular weight excluding hydrogens is 450 g/mol. The Labute approximate surface area is 168 Å². The first-order chi connectivity index (χ1) is 11.1. The smallest absolute Gasteiger partial charge is 0.269 e. The first-order valence-corrected chi connectivity index (χ1v) is 7.42. The van der Waals surface area contributed by atoms with Crippen LogP contribution in [0.2, 0.25) is 0 Å². The van der Waals surface area contributed by atoms with E-state index in [0.717, 1.165) is 23.1 Å². The third-order valence-corrected chi connectivity index (χ3v) is 4.02. The Morgan fingerprint density at radius 1 is 1.16 bits per heavy atom. The Kier molecular flexibility index (Phi) is 7.66. The molecule has 0 saturated heterocycles. The number of hydrogen-bond acceptors (Lipinski definition) is 3. The molecule has 7 heteroatoms. The van der Waals surface area contributed by atoms with Crippen molar-refractivity contribution in [3.63, 3.8) is 0 Å². The summed E-state index contributed by atoms with van der Waals surface area (Å²) in [6, 6.07) is 10.8. The van der Waals surface area contributed by atoms with Crippen molar-refractivity contribution in [3.8, 4) is 0 Å². The molecule has 1 atom stereocenters. The maximum atomic E-state index is 10.7. The van der Waals surface area contributed by atoms with Crippen LogP contribution in [0.15, 0.2) is 67.1 Å². The Morgan fingerprint density at radius 2 is 1.80 bits per heavy atom. The van der Waals surface area contributed by atoms with Gasteiger partial charge in [0.2, 0.25) is 0 Å². The lowest BCUT2D eigenvalue weighted by Gasteiger charge is -2.33. The molecule has 1 unspecified atom stereocenters. The number of hydrogen-bond donors (Lipinski definition) is 0. The third-order valence-electron chi connectivity index (χ3n) is 4.02. The van der Waals surface area contributed by atoms with Crippen LogP contribution in [0.3, 0.4) is 0 Å². The molecule has 0 bridgehead atoms. The van der Waals surface area contributed by atoms with Crippen molar-refractivity contribution < 1.29 is 26.4 Å². The molecule has 0 aliphatic carbocycles. The maximum absolute atomic E-state index is 10.7. The topological polar surface area (TPSA) is 56.0 Å². The first-order valence-electron chi connectivity index (χ1n) is 7.42. The zero-order chi connectivity index (χ0) is 16.3. The molecule has 132 valence electrons. The van der Waals surface area contributed by atoms with Gasteiger partial charge in [-0.1, -0.05) is 0 Å². The number of nitro groups is 1. The van der Waals surface area contributed by atoms with Crippen molar-refractivity contribution in [2.45, 2.75) is 6.54 Å². The van der Waals surface area contributed by atoms with Crippen LogP contribution in [0.5, 0.6) is 0 Å². The molecule has 0 fully saturated rings. The van der Waals surface area contributed by atoms with Gasteiger partial charge in [-0.25, -0.2) is 0 Å². The van der Waals surface area contributed by atoms with E-state index in [9.17, 15) is 10.1 Å². The lowest BCUT2D eigenvalue weighted by molar-refractivity contribution is -0.866. The number of likely N-dealkylation sites (N-methyl/N-ethyl adjacent to an activating group) is 1. The van der Waals surface area contributed by atoms with Crippen LogP contribution in [0.25, 0.3) is 5.57 Å². The zero-order valence-corrected chi connectivity index (χ0v) is 17.0. The number of allylic oxidation sites excluding steroid dienone is 2. The molecule has 0 radical (unpaired) electrons. The number of quaternary nitrogens is 1. The van der Waals surface area contributed by atoms with Crippen LogP contribution in [0.4, 0.5) is 5.69 Å². The highest BCUT2D eigenvalue weighted by Crippen LogP contribution is 2.26. The summed E-state index contributed by atoms with van der Waals surface area (Å²) in [4.78, 5) is 14.4. The standard InChI is InChI=1S/C18H18N3O2.2BrH/c1-21(13-15-4-6-18(7-5-15)20(22)23)12-2-3-17(14-21)16-8-10-19-11-9-16;;/h2-12H,13-14H2,1H3;2*1H/q+1;;/p-1. The van der Waals surface area contributed by atoms with Crippen LogP contribution in [-0.4, -0.2) is 28.0 Å². The third kappa shape index (κ3) is 5.32. The van der Waals surface area contributed by atoms with E-state index in [0.29, 0.717) is 0 Å². The molecule has 2 aromatic rings. The van der Waals surface area contributed by atoms with Gasteiger partial charge in [0.15, 0.2) is 0 Å². The van der Waals surface area contributed by atoms with Crippen molar-refractivity contribution >= 4 is 28.2 Å². The second-order valence-electron chi connectivity index (χ2n) is 5.99. The average Bonchev–Trinajstić information content (AvgIpc) is 2.56. The van der Waals surface area contributed by atoms with Crippen LogP contribution in [-0.2, 0) is 6.54 Å². The highest BCUT2D eigenvalue weighted by molar-refractivity contribution is 8.93. The first kappa shape index (κ1) is 21.2. The van der Waals surface area contributed by atoms with E-state index in [4.69, 9.17) is 0 Å². The van der Waals surface area contributed by atoms with Gasteiger partial charge in [-0.3, -0.25) is 19.6 Å². The molecule has 0 amide bonds. The number of benzene rings is 1. The Bertz CT molecular complexity index is 777. The summed E-state index contributed by atoms with van der Waals surface area (Å²) in [6.45, 7) is 1.66. The van der Waals surface area contributed by atoms with Crippen LogP contribution in [0.1, 0.15) is 11.1 Å². The number of halogens is 2. The van der Waals surface area contributed by atoms with Gasteiger partial charge in [0, 0.05) is 35.7 Å². The highest BCUT2D eigenvalue weighted by atomic mass is 79.9. The van der Waals surface area contributed by atoms with Crippen molar-refractivity contribution in [1.82, 2.24) is 4.98 Å². The Hall–Kier alpha value is -1.83. The summed E-state index contributed by atoms with van der Waals surface area (Å²) in [7, 11) is 2.16. The largest absolute Gasteiger partial charge is 1.00 e. The number of nitrogens with zero attached hydrogens (tertiary/aromatic N) is 3. The monoisotopic (exact) mass is 467 g/mol. The van der Waals surface area contributed by atoms with Crippen molar-refractivity contribution in [2.75, 3.05) is 13.6 Å². The van der Waals surface area contributed by atoms with Crippen molar-refractivity contribution in [3.05, 3.63) is 88.4 Å². The zero-order valence-electron chi connectivity index (χ0n) is 13.7. The van der Waals surface area contributed by atoms with Gasteiger partial charge in [0.25, 0.3) is 5.69 Å². The van der Waals surface area contributed by atoms with E-state index in [1.165, 1.54) is 11.1 Å². The SMILES string of the molecule is Br.C[N+]1(Cc2ccc([N+](=O)[O-])cc2)C=CC=C(c2ccncc2)C1.[Br-]. The Morgan fingerprint density at radius 3 is 2.40 bits per heavy atom. The van der Waals surface area contributed by atoms with Crippen molar-refractivity contribution in [1.29, 1.82) is 0 Å². The van der Waals surface area contributed by atoms with E-state index in [-0.39, 0.29) is 44.6 Å². The van der Waals surface area contributed by atoms with Gasteiger partial charge in [-0.05, 0) is 42.0 Å². The second kappa shape index (κ2) is 9.03.